The van der Waals surface area contributed by atoms with Crippen molar-refractivity contribution in [2.24, 2.45) is 0 Å². The molecular weight excluding hydrogens is 813 g/mol. The average molecular weight is 909 g/mol. The van der Waals surface area contributed by atoms with Crippen LogP contribution in [0.5, 0.6) is 0 Å². The Bertz CT molecular complexity index is 1450. The van der Waals surface area contributed by atoms with Gasteiger partial charge in [-0.05, 0) is 128 Å². The van der Waals surface area contributed by atoms with Gasteiger partial charge in [0, 0.05) is 19.4 Å². The maximum Gasteiger partial charge on any atom is 0.306 e. The van der Waals surface area contributed by atoms with E-state index in [1.807, 2.05) is 6.08 Å². The summed E-state index contributed by atoms with van der Waals surface area (Å²) in [6.45, 7) is 7.37. The summed E-state index contributed by atoms with van der Waals surface area (Å²) in [5, 5.41) is 0. The molecule has 0 aliphatic rings. The molecule has 0 aliphatic heterocycles. The van der Waals surface area contributed by atoms with Crippen LogP contribution in [0.25, 0.3) is 0 Å². The molecule has 0 N–H and O–H groups in total. The van der Waals surface area contributed by atoms with E-state index < -0.39 is 6.10 Å². The number of hydrogen-bond donors (Lipinski definition) is 0. The monoisotopic (exact) mass is 909 g/mol. The van der Waals surface area contributed by atoms with Crippen molar-refractivity contribution in [3.05, 3.63) is 146 Å². The Kier molecular flexibility index (Phi) is 51.6. The first-order valence-corrected chi connectivity index (χ1v) is 26.4. The Morgan fingerprint density at radius 2 is 0.712 bits per heavy atom. The van der Waals surface area contributed by atoms with Crippen LogP contribution >= 0.6 is 0 Å². The zero-order valence-electron chi connectivity index (χ0n) is 42.4. The molecular formula is C61H96O5. The van der Waals surface area contributed by atoms with Crippen molar-refractivity contribution in [1.29, 1.82) is 0 Å². The fourth-order valence-corrected chi connectivity index (χ4v) is 6.50. The van der Waals surface area contributed by atoms with Gasteiger partial charge in [-0.3, -0.25) is 9.59 Å². The molecule has 0 heterocycles. The standard InChI is InChI=1S/C61H96O5/c1-4-7-10-13-16-19-22-25-27-29-31-32-34-37-39-42-45-48-51-54-60(62)65-58-59(66-61(63)55-52-49-46-43-40-36-24-21-18-15-12-9-6-3)57-64-56-53-50-47-44-41-38-35-33-30-28-26-23-20-17-14-11-8-5-2/h7-8,10-11,16-17,19-21,24-28,31-33,35,37,39,41,44-45,48,59H,4-6,9,12-15,18,22-23,29-30,34,36,38,40,42-43,46-47,49-58H2,1-3H3/b10-7-,11-8-,19-16-,20-17-,24-21-,27-25-,28-26-,32-31-,35-33-,39-37-,44-41-,48-45-. The number of allylic oxidation sites excluding steroid dienone is 24. The van der Waals surface area contributed by atoms with Crippen LogP contribution in [0, 0.1) is 0 Å². The number of ether oxygens (including phenoxy) is 3. The lowest BCUT2D eigenvalue weighted by Gasteiger charge is -2.18. The molecule has 0 rings (SSSR count). The van der Waals surface area contributed by atoms with E-state index in [4.69, 9.17) is 14.2 Å². The molecule has 0 radical (unpaired) electrons. The smallest absolute Gasteiger partial charge is 0.306 e. The van der Waals surface area contributed by atoms with Crippen LogP contribution in [0.1, 0.15) is 201 Å². The topological polar surface area (TPSA) is 61.8 Å². The molecule has 5 nitrogen and oxygen atoms in total. The van der Waals surface area contributed by atoms with Crippen molar-refractivity contribution in [1.82, 2.24) is 0 Å². The van der Waals surface area contributed by atoms with Crippen molar-refractivity contribution in [2.75, 3.05) is 19.8 Å². The second-order valence-electron chi connectivity index (χ2n) is 16.7. The van der Waals surface area contributed by atoms with Gasteiger partial charge in [-0.25, -0.2) is 0 Å². The summed E-state index contributed by atoms with van der Waals surface area (Å²) in [7, 11) is 0. The zero-order valence-corrected chi connectivity index (χ0v) is 42.4. The van der Waals surface area contributed by atoms with Crippen LogP contribution in [0.15, 0.2) is 146 Å². The van der Waals surface area contributed by atoms with Crippen molar-refractivity contribution >= 4 is 11.9 Å². The van der Waals surface area contributed by atoms with Gasteiger partial charge in [0.15, 0.2) is 6.10 Å². The van der Waals surface area contributed by atoms with E-state index in [0.29, 0.717) is 19.4 Å². The number of unbranched alkanes of at least 4 members (excludes halogenated alkanes) is 11. The van der Waals surface area contributed by atoms with Crippen LogP contribution in [0.3, 0.4) is 0 Å². The van der Waals surface area contributed by atoms with Crippen molar-refractivity contribution in [2.45, 2.75) is 207 Å². The molecule has 66 heavy (non-hydrogen) atoms. The second kappa shape index (κ2) is 55.1. The molecule has 0 amide bonds. The summed E-state index contributed by atoms with van der Waals surface area (Å²) in [6.07, 6.45) is 80.2. The van der Waals surface area contributed by atoms with Gasteiger partial charge in [-0.2, -0.15) is 0 Å². The Morgan fingerprint density at radius 1 is 0.348 bits per heavy atom. The largest absolute Gasteiger partial charge is 0.462 e. The Balaban J connectivity index is 4.51. The highest BCUT2D eigenvalue weighted by Gasteiger charge is 2.17. The minimum absolute atomic E-state index is 0.0144. The van der Waals surface area contributed by atoms with Gasteiger partial charge in [0.2, 0.25) is 0 Å². The molecule has 0 bridgehead atoms. The van der Waals surface area contributed by atoms with Crippen molar-refractivity contribution in [3.8, 4) is 0 Å². The Hall–Kier alpha value is -4.22. The SMILES string of the molecule is CC/C=C\C/C=C\C/C=C\C/C=C\C/C=C\C/C=C\CCC(=O)OCC(COCCCC/C=C\C/C=C\C/C=C\C/C=C\C/C=C\CC)OC(=O)CCCCCCC/C=C\CCCCCC. The minimum Gasteiger partial charge on any atom is -0.462 e. The molecule has 0 aromatic carbocycles. The Labute approximate surface area is 406 Å². The van der Waals surface area contributed by atoms with Crippen LogP contribution in [0.4, 0.5) is 0 Å². The second-order valence-corrected chi connectivity index (χ2v) is 16.7. The van der Waals surface area contributed by atoms with Gasteiger partial charge in [0.05, 0.1) is 6.61 Å². The van der Waals surface area contributed by atoms with E-state index in [9.17, 15) is 9.59 Å². The van der Waals surface area contributed by atoms with Crippen LogP contribution in [-0.2, 0) is 23.8 Å². The molecule has 0 aliphatic carbocycles. The quantitative estimate of drug-likeness (QED) is 0.0346. The van der Waals surface area contributed by atoms with Crippen molar-refractivity contribution < 1.29 is 23.8 Å². The first-order chi connectivity index (χ1) is 32.6. The predicted octanol–water partition coefficient (Wildman–Crippen LogP) is 18.1. The fourth-order valence-electron chi connectivity index (χ4n) is 6.50. The van der Waals surface area contributed by atoms with E-state index in [2.05, 4.69) is 161 Å². The molecule has 0 aromatic rings. The third kappa shape index (κ3) is 52.4. The minimum atomic E-state index is -0.605. The summed E-state index contributed by atoms with van der Waals surface area (Å²) < 4.78 is 17.3. The molecule has 5 heteroatoms. The van der Waals surface area contributed by atoms with Crippen LogP contribution in [-0.4, -0.2) is 37.9 Å². The average Bonchev–Trinajstić information content (AvgIpc) is 3.32. The van der Waals surface area contributed by atoms with E-state index in [0.717, 1.165) is 116 Å². The van der Waals surface area contributed by atoms with E-state index in [1.165, 1.54) is 44.9 Å². The molecule has 0 saturated carbocycles. The molecule has 0 saturated heterocycles. The lowest BCUT2D eigenvalue weighted by Crippen LogP contribution is -2.30. The number of hydrogen-bond acceptors (Lipinski definition) is 5. The van der Waals surface area contributed by atoms with E-state index in [-0.39, 0.29) is 31.6 Å². The van der Waals surface area contributed by atoms with E-state index in [1.54, 1.807) is 0 Å². The highest BCUT2D eigenvalue weighted by atomic mass is 16.6. The zero-order chi connectivity index (χ0) is 47.7. The molecule has 370 valence electrons. The Morgan fingerprint density at radius 3 is 1.17 bits per heavy atom. The summed E-state index contributed by atoms with van der Waals surface area (Å²) in [5.41, 5.74) is 0. The third-order valence-electron chi connectivity index (χ3n) is 10.4. The molecule has 0 spiro atoms. The molecule has 0 aromatic heterocycles. The van der Waals surface area contributed by atoms with Gasteiger partial charge in [0.1, 0.15) is 6.61 Å². The molecule has 0 fully saturated rings. The predicted molar refractivity (Wildman–Crippen MR) is 288 cm³/mol. The first-order valence-electron chi connectivity index (χ1n) is 26.4. The van der Waals surface area contributed by atoms with Gasteiger partial charge >= 0.3 is 11.9 Å². The normalized spacial score (nSPS) is 13.4. The fraction of sp³-hybridized carbons (Fsp3) is 0.574. The van der Waals surface area contributed by atoms with Gasteiger partial charge in [-0.15, -0.1) is 0 Å². The lowest BCUT2D eigenvalue weighted by molar-refractivity contribution is -0.162. The number of rotatable bonds is 46. The molecule has 1 unspecified atom stereocenters. The van der Waals surface area contributed by atoms with Crippen LogP contribution < -0.4 is 0 Å². The highest BCUT2D eigenvalue weighted by molar-refractivity contribution is 5.70. The summed E-state index contributed by atoms with van der Waals surface area (Å²) in [6, 6.07) is 0. The maximum atomic E-state index is 12.8. The van der Waals surface area contributed by atoms with Gasteiger partial charge in [-0.1, -0.05) is 205 Å². The number of carbonyl (C=O) groups excluding carboxylic acids is 2. The molecule has 1 atom stereocenters. The summed E-state index contributed by atoms with van der Waals surface area (Å²) >= 11 is 0. The maximum absolute atomic E-state index is 12.8. The first kappa shape index (κ1) is 61.8. The number of carbonyl (C=O) groups is 2. The van der Waals surface area contributed by atoms with Crippen molar-refractivity contribution in [3.63, 3.8) is 0 Å². The lowest BCUT2D eigenvalue weighted by atomic mass is 10.1. The summed E-state index contributed by atoms with van der Waals surface area (Å²) in [5.74, 6) is -0.541. The van der Waals surface area contributed by atoms with E-state index >= 15 is 0 Å². The summed E-state index contributed by atoms with van der Waals surface area (Å²) in [4.78, 5) is 25.4. The van der Waals surface area contributed by atoms with Crippen LogP contribution in [0.2, 0.25) is 0 Å². The van der Waals surface area contributed by atoms with Gasteiger partial charge < -0.3 is 14.2 Å². The highest BCUT2D eigenvalue weighted by Crippen LogP contribution is 2.11. The van der Waals surface area contributed by atoms with Gasteiger partial charge in [0.25, 0.3) is 0 Å². The number of esters is 2. The third-order valence-corrected chi connectivity index (χ3v) is 10.4.